The maximum atomic E-state index is 12.4. The molecule has 0 bridgehead atoms. The van der Waals surface area contributed by atoms with Crippen molar-refractivity contribution < 1.29 is 37.3 Å². The van der Waals surface area contributed by atoms with Crippen LogP contribution in [0.15, 0.2) is 10.6 Å². The highest BCUT2D eigenvalue weighted by Crippen LogP contribution is 2.52. The van der Waals surface area contributed by atoms with E-state index in [0.717, 1.165) is 11.8 Å². The molecule has 1 saturated heterocycles. The van der Waals surface area contributed by atoms with Crippen molar-refractivity contribution in [3.63, 3.8) is 0 Å². The van der Waals surface area contributed by atoms with Crippen molar-refractivity contribution in [2.75, 3.05) is 13.2 Å². The number of alkyl halides is 3. The second kappa shape index (κ2) is 5.67. The van der Waals surface area contributed by atoms with Crippen LogP contribution in [0.1, 0.15) is 19.3 Å². The Bertz CT molecular complexity index is 570. The van der Waals surface area contributed by atoms with Gasteiger partial charge in [0.25, 0.3) is 0 Å². The van der Waals surface area contributed by atoms with E-state index in [1.54, 1.807) is 5.32 Å². The highest BCUT2D eigenvalue weighted by Gasteiger charge is 2.52. The fraction of sp³-hybridized carbons (Fsp3) is 0.692. The van der Waals surface area contributed by atoms with Crippen molar-refractivity contribution in [1.29, 1.82) is 0 Å². The number of carboxylic acids is 1. The molecule has 6 nitrogen and oxygen atoms in total. The van der Waals surface area contributed by atoms with Crippen LogP contribution in [-0.2, 0) is 19.1 Å². The molecule has 10 heteroatoms. The second-order valence-electron chi connectivity index (χ2n) is 5.61. The Morgan fingerprint density at radius 1 is 1.30 bits per heavy atom. The lowest BCUT2D eigenvalue weighted by Crippen LogP contribution is -2.41. The van der Waals surface area contributed by atoms with E-state index in [1.807, 2.05) is 0 Å². The summed E-state index contributed by atoms with van der Waals surface area (Å²) in [6, 6.07) is 0. The van der Waals surface area contributed by atoms with Gasteiger partial charge in [0.2, 0.25) is 0 Å². The number of thioether (sulfide) groups is 1. The summed E-state index contributed by atoms with van der Waals surface area (Å²) < 4.78 is 48.4. The largest absolute Gasteiger partial charge is 0.478 e. The number of hydrogen-bond donors (Lipinski definition) is 2. The molecule has 3 aliphatic rings. The molecule has 128 valence electrons. The number of amides is 1. The first kappa shape index (κ1) is 16.6. The normalized spacial score (nSPS) is 29.7. The molecule has 1 amide bonds. The van der Waals surface area contributed by atoms with Crippen LogP contribution in [0.4, 0.5) is 13.2 Å². The van der Waals surface area contributed by atoms with Gasteiger partial charge in [-0.1, -0.05) is 0 Å². The fourth-order valence-corrected chi connectivity index (χ4v) is 4.83. The molecule has 2 unspecified atom stereocenters. The van der Waals surface area contributed by atoms with Gasteiger partial charge in [-0.3, -0.25) is 4.79 Å². The number of carboxylic acid groups (broad SMARTS) is 1. The molecule has 1 spiro atoms. The van der Waals surface area contributed by atoms with E-state index >= 15 is 0 Å². The van der Waals surface area contributed by atoms with Crippen LogP contribution in [0.3, 0.4) is 0 Å². The van der Waals surface area contributed by atoms with Gasteiger partial charge in [-0.2, -0.15) is 13.2 Å². The summed E-state index contributed by atoms with van der Waals surface area (Å²) in [5.74, 6) is -4.69. The third-order valence-electron chi connectivity index (χ3n) is 4.21. The fourth-order valence-electron chi connectivity index (χ4n) is 3.24. The van der Waals surface area contributed by atoms with E-state index in [2.05, 4.69) is 0 Å². The third-order valence-corrected chi connectivity index (χ3v) is 5.57. The maximum absolute atomic E-state index is 12.4. The van der Waals surface area contributed by atoms with Gasteiger partial charge in [0.05, 0.1) is 23.8 Å². The van der Waals surface area contributed by atoms with E-state index in [4.69, 9.17) is 9.47 Å². The number of aliphatic carboxylic acids is 1. The highest BCUT2D eigenvalue weighted by atomic mass is 32.2. The number of nitrogens with one attached hydrogen (secondary N) is 1. The number of ether oxygens (including phenoxy) is 2. The van der Waals surface area contributed by atoms with Gasteiger partial charge >= 0.3 is 18.1 Å². The number of halogens is 3. The monoisotopic (exact) mass is 353 g/mol. The molecule has 2 N–H and O–H groups in total. The first-order valence-electron chi connectivity index (χ1n) is 7.02. The minimum Gasteiger partial charge on any atom is -0.478 e. The summed E-state index contributed by atoms with van der Waals surface area (Å²) in [6.45, 7) is 0.887. The molecule has 1 saturated carbocycles. The predicted octanol–water partition coefficient (Wildman–Crippen LogP) is 1.62. The van der Waals surface area contributed by atoms with E-state index in [9.17, 15) is 27.9 Å². The first-order chi connectivity index (χ1) is 10.7. The van der Waals surface area contributed by atoms with Crippen molar-refractivity contribution in [1.82, 2.24) is 5.32 Å². The average Bonchev–Trinajstić information content (AvgIpc) is 3.02. The summed E-state index contributed by atoms with van der Waals surface area (Å²) >= 11 is 0.943. The van der Waals surface area contributed by atoms with Crippen LogP contribution < -0.4 is 5.32 Å². The average molecular weight is 353 g/mol. The molecule has 0 aromatic heterocycles. The molecule has 2 aliphatic heterocycles. The molecular weight excluding hydrogens is 339 g/mol. The first-order valence-corrected chi connectivity index (χ1v) is 7.90. The Kier molecular flexibility index (Phi) is 4.09. The number of rotatable bonds is 2. The van der Waals surface area contributed by atoms with Crippen LogP contribution in [0.2, 0.25) is 0 Å². The van der Waals surface area contributed by atoms with E-state index in [1.165, 1.54) is 0 Å². The van der Waals surface area contributed by atoms with Gasteiger partial charge < -0.3 is 19.9 Å². The van der Waals surface area contributed by atoms with Gasteiger partial charge in [0.15, 0.2) is 5.79 Å². The van der Waals surface area contributed by atoms with Crippen LogP contribution in [0, 0.1) is 5.92 Å². The summed E-state index contributed by atoms with van der Waals surface area (Å²) in [5, 5.41) is 10.5. The molecule has 2 atom stereocenters. The molecule has 1 aliphatic carbocycles. The molecule has 3 rings (SSSR count). The Morgan fingerprint density at radius 2 is 1.96 bits per heavy atom. The lowest BCUT2D eigenvalue weighted by molar-refractivity contribution is -0.179. The highest BCUT2D eigenvalue weighted by molar-refractivity contribution is 8.04. The lowest BCUT2D eigenvalue weighted by Gasteiger charge is -2.37. The smallest absolute Gasteiger partial charge is 0.471 e. The summed E-state index contributed by atoms with van der Waals surface area (Å²) in [7, 11) is 0. The van der Waals surface area contributed by atoms with E-state index in [0.29, 0.717) is 32.5 Å². The van der Waals surface area contributed by atoms with Crippen molar-refractivity contribution in [3.05, 3.63) is 10.6 Å². The van der Waals surface area contributed by atoms with Gasteiger partial charge in [0, 0.05) is 24.0 Å². The Labute approximate surface area is 133 Å². The minimum absolute atomic E-state index is 0.162. The zero-order valence-electron chi connectivity index (χ0n) is 11.8. The number of carbonyl (C=O) groups excluding carboxylic acids is 1. The number of fused-ring (bicyclic) bond motifs is 1. The molecule has 23 heavy (non-hydrogen) atoms. The van der Waals surface area contributed by atoms with Crippen LogP contribution in [0.5, 0.6) is 0 Å². The third kappa shape index (κ3) is 3.07. The zero-order valence-corrected chi connectivity index (χ0v) is 12.6. The van der Waals surface area contributed by atoms with Gasteiger partial charge in [-0.05, 0) is 6.42 Å². The summed E-state index contributed by atoms with van der Waals surface area (Å²) in [4.78, 5) is 22.6. The van der Waals surface area contributed by atoms with Crippen LogP contribution in [0.25, 0.3) is 0 Å². The number of carbonyl (C=O) groups is 2. The molecule has 0 aromatic rings. The topological polar surface area (TPSA) is 84.9 Å². The molecule has 2 heterocycles. The second-order valence-corrected chi connectivity index (χ2v) is 6.86. The lowest BCUT2D eigenvalue weighted by atomic mass is 9.80. The van der Waals surface area contributed by atoms with Gasteiger partial charge in [-0.25, -0.2) is 4.79 Å². The molecule has 0 radical (unpaired) electrons. The summed E-state index contributed by atoms with van der Waals surface area (Å²) in [6.07, 6.45) is -3.79. The van der Waals surface area contributed by atoms with Crippen LogP contribution in [-0.4, -0.2) is 47.4 Å². The molecule has 0 aromatic carbocycles. The zero-order chi connectivity index (χ0) is 16.8. The Hall–Kier alpha value is -1.26. The van der Waals surface area contributed by atoms with E-state index in [-0.39, 0.29) is 15.9 Å². The Balaban J connectivity index is 1.80. The number of hydrogen-bond acceptors (Lipinski definition) is 5. The van der Waals surface area contributed by atoms with Crippen molar-refractivity contribution in [3.8, 4) is 0 Å². The standard InChI is InChI=1S/C13H14F3NO5S/c14-13(15,16)11(20)17-9-8(10(18)19)6-1-2-12(5-7(6)23-9)21-3-4-22-12/h6-7H,1-5H2,(H,17,20)(H,18,19). The minimum atomic E-state index is -5.07. The van der Waals surface area contributed by atoms with Crippen molar-refractivity contribution in [2.45, 2.75) is 36.5 Å². The summed E-state index contributed by atoms with van der Waals surface area (Å²) in [5.41, 5.74) is -0.162. The predicted molar refractivity (Wildman–Crippen MR) is 72.2 cm³/mol. The van der Waals surface area contributed by atoms with Crippen LogP contribution >= 0.6 is 11.8 Å². The Morgan fingerprint density at radius 3 is 2.52 bits per heavy atom. The van der Waals surface area contributed by atoms with Crippen molar-refractivity contribution in [2.24, 2.45) is 5.92 Å². The quantitative estimate of drug-likeness (QED) is 0.785. The van der Waals surface area contributed by atoms with Crippen molar-refractivity contribution >= 4 is 23.6 Å². The maximum Gasteiger partial charge on any atom is 0.471 e. The molecule has 2 fully saturated rings. The molecular formula is C13H14F3NO5S. The van der Waals surface area contributed by atoms with E-state index < -0.39 is 29.8 Å². The SMILES string of the molecule is O=C(O)C1=C(NC(=O)C(F)(F)F)SC2CC3(CCC12)OCCO3. The van der Waals surface area contributed by atoms with Gasteiger partial charge in [-0.15, -0.1) is 11.8 Å². The van der Waals surface area contributed by atoms with Gasteiger partial charge in [0.1, 0.15) is 0 Å².